The van der Waals surface area contributed by atoms with Crippen LogP contribution in [0.5, 0.6) is 5.75 Å². The summed E-state index contributed by atoms with van der Waals surface area (Å²) in [6.07, 6.45) is 4.35. The quantitative estimate of drug-likeness (QED) is 0.580. The molecule has 3 nitrogen and oxygen atoms in total. The molecule has 1 aliphatic carbocycles. The first-order chi connectivity index (χ1) is 8.33. The standard InChI is InChI=1S/C14H18O3/c1-16-10-17-13-9-5-4-8-12(13)14(15)11-6-2-3-7-11/h4-5,8-9,11H,2-3,6-7,10H2,1H3. The average molecular weight is 234 g/mol. The second-order valence-corrected chi connectivity index (χ2v) is 4.39. The molecular formula is C14H18O3. The predicted octanol–water partition coefficient (Wildman–Crippen LogP) is 3.04. The summed E-state index contributed by atoms with van der Waals surface area (Å²) >= 11 is 0. The highest BCUT2D eigenvalue weighted by Gasteiger charge is 2.25. The van der Waals surface area contributed by atoms with E-state index in [4.69, 9.17) is 9.47 Å². The van der Waals surface area contributed by atoms with Crippen molar-refractivity contribution in [1.82, 2.24) is 0 Å². The monoisotopic (exact) mass is 234 g/mol. The van der Waals surface area contributed by atoms with Crippen LogP contribution in [0.15, 0.2) is 24.3 Å². The first-order valence-electron chi connectivity index (χ1n) is 6.08. The van der Waals surface area contributed by atoms with Gasteiger partial charge in [-0.25, -0.2) is 0 Å². The lowest BCUT2D eigenvalue weighted by Gasteiger charge is -2.12. The molecule has 0 amide bonds. The third-order valence-corrected chi connectivity index (χ3v) is 3.21. The molecule has 0 aliphatic heterocycles. The van der Waals surface area contributed by atoms with Crippen molar-refractivity contribution in [3.63, 3.8) is 0 Å². The summed E-state index contributed by atoms with van der Waals surface area (Å²) in [6.45, 7) is 0.176. The Kier molecular flexibility index (Phi) is 4.15. The minimum atomic E-state index is 0.176. The van der Waals surface area contributed by atoms with Gasteiger partial charge in [0, 0.05) is 13.0 Å². The first-order valence-corrected chi connectivity index (χ1v) is 6.08. The molecule has 3 heteroatoms. The zero-order chi connectivity index (χ0) is 12.1. The van der Waals surface area contributed by atoms with Gasteiger partial charge in [-0.3, -0.25) is 4.79 Å². The summed E-state index contributed by atoms with van der Waals surface area (Å²) in [4.78, 5) is 12.3. The van der Waals surface area contributed by atoms with Crippen LogP contribution in [0.3, 0.4) is 0 Å². The van der Waals surface area contributed by atoms with Gasteiger partial charge in [-0.15, -0.1) is 0 Å². The summed E-state index contributed by atoms with van der Waals surface area (Å²) in [5, 5.41) is 0. The van der Waals surface area contributed by atoms with Gasteiger partial charge in [-0.1, -0.05) is 25.0 Å². The number of methoxy groups -OCH3 is 1. The van der Waals surface area contributed by atoms with E-state index >= 15 is 0 Å². The van der Waals surface area contributed by atoms with Crippen LogP contribution >= 0.6 is 0 Å². The molecule has 0 radical (unpaired) electrons. The highest BCUT2D eigenvalue weighted by Crippen LogP contribution is 2.31. The lowest BCUT2D eigenvalue weighted by molar-refractivity contribution is 0.0500. The first kappa shape index (κ1) is 12.1. The van der Waals surface area contributed by atoms with Crippen molar-refractivity contribution in [3.8, 4) is 5.75 Å². The van der Waals surface area contributed by atoms with Crippen LogP contribution in [0, 0.1) is 5.92 Å². The number of hydrogen-bond acceptors (Lipinski definition) is 3. The van der Waals surface area contributed by atoms with Gasteiger partial charge in [-0.05, 0) is 25.0 Å². The number of Topliss-reactive ketones (excluding diaryl/α,β-unsaturated/α-hetero) is 1. The van der Waals surface area contributed by atoms with E-state index in [1.54, 1.807) is 7.11 Å². The summed E-state index contributed by atoms with van der Waals surface area (Å²) in [5.41, 5.74) is 0.691. The molecule has 1 saturated carbocycles. The number of para-hydroxylation sites is 1. The largest absolute Gasteiger partial charge is 0.467 e. The third kappa shape index (κ3) is 2.86. The van der Waals surface area contributed by atoms with Gasteiger partial charge in [0.05, 0.1) is 5.56 Å². The van der Waals surface area contributed by atoms with Crippen LogP contribution in [-0.4, -0.2) is 19.7 Å². The maximum absolute atomic E-state index is 12.3. The van der Waals surface area contributed by atoms with Crippen molar-refractivity contribution in [2.75, 3.05) is 13.9 Å². The Balaban J connectivity index is 2.15. The number of benzene rings is 1. The lowest BCUT2D eigenvalue weighted by atomic mass is 9.96. The van der Waals surface area contributed by atoms with E-state index in [0.29, 0.717) is 11.3 Å². The maximum atomic E-state index is 12.3. The molecule has 1 aliphatic rings. The minimum Gasteiger partial charge on any atom is -0.467 e. The number of rotatable bonds is 5. The Morgan fingerprint density at radius 1 is 1.29 bits per heavy atom. The van der Waals surface area contributed by atoms with Crippen molar-refractivity contribution in [2.24, 2.45) is 5.92 Å². The van der Waals surface area contributed by atoms with Gasteiger partial charge < -0.3 is 9.47 Å². The van der Waals surface area contributed by atoms with Crippen LogP contribution in [0.1, 0.15) is 36.0 Å². The Labute approximate surface area is 102 Å². The summed E-state index contributed by atoms with van der Waals surface area (Å²) < 4.78 is 10.3. The van der Waals surface area contributed by atoms with Gasteiger partial charge in [-0.2, -0.15) is 0 Å². The molecule has 0 heterocycles. The smallest absolute Gasteiger partial charge is 0.188 e. The van der Waals surface area contributed by atoms with Crippen molar-refractivity contribution in [3.05, 3.63) is 29.8 Å². The minimum absolute atomic E-state index is 0.176. The highest BCUT2D eigenvalue weighted by molar-refractivity contribution is 6.00. The van der Waals surface area contributed by atoms with Gasteiger partial charge >= 0.3 is 0 Å². The molecule has 0 atom stereocenters. The second-order valence-electron chi connectivity index (χ2n) is 4.39. The third-order valence-electron chi connectivity index (χ3n) is 3.21. The molecule has 0 spiro atoms. The van der Waals surface area contributed by atoms with E-state index in [9.17, 15) is 4.79 Å². The number of ether oxygens (including phenoxy) is 2. The van der Waals surface area contributed by atoms with E-state index in [2.05, 4.69) is 0 Å². The van der Waals surface area contributed by atoms with Crippen molar-refractivity contribution in [1.29, 1.82) is 0 Å². The maximum Gasteiger partial charge on any atom is 0.188 e. The van der Waals surface area contributed by atoms with Gasteiger partial charge in [0.1, 0.15) is 5.75 Å². The van der Waals surface area contributed by atoms with Crippen molar-refractivity contribution in [2.45, 2.75) is 25.7 Å². The zero-order valence-electron chi connectivity index (χ0n) is 10.1. The second kappa shape index (κ2) is 5.82. The number of carbonyl (C=O) groups is 1. The van der Waals surface area contributed by atoms with Gasteiger partial charge in [0.25, 0.3) is 0 Å². The Bertz CT molecular complexity index is 381. The molecule has 1 aromatic carbocycles. The predicted molar refractivity (Wildman–Crippen MR) is 65.2 cm³/mol. The van der Waals surface area contributed by atoms with Crippen LogP contribution in [0.4, 0.5) is 0 Å². The van der Waals surface area contributed by atoms with Crippen LogP contribution in [0.25, 0.3) is 0 Å². The zero-order valence-corrected chi connectivity index (χ0v) is 10.1. The molecule has 1 aromatic rings. The van der Waals surface area contributed by atoms with E-state index in [1.165, 1.54) is 0 Å². The molecule has 1 fully saturated rings. The van der Waals surface area contributed by atoms with Crippen LogP contribution in [-0.2, 0) is 4.74 Å². The van der Waals surface area contributed by atoms with Crippen molar-refractivity contribution >= 4 is 5.78 Å². The van der Waals surface area contributed by atoms with Crippen LogP contribution < -0.4 is 4.74 Å². The van der Waals surface area contributed by atoms with Crippen LogP contribution in [0.2, 0.25) is 0 Å². The summed E-state index contributed by atoms with van der Waals surface area (Å²) in [5.74, 6) is 1.03. The average Bonchev–Trinajstić information content (AvgIpc) is 2.89. The topological polar surface area (TPSA) is 35.5 Å². The van der Waals surface area contributed by atoms with E-state index in [0.717, 1.165) is 25.7 Å². The van der Waals surface area contributed by atoms with Crippen molar-refractivity contribution < 1.29 is 14.3 Å². The lowest BCUT2D eigenvalue weighted by Crippen LogP contribution is -2.13. The molecule has 0 bridgehead atoms. The molecule has 2 rings (SSSR count). The Morgan fingerprint density at radius 3 is 2.71 bits per heavy atom. The Morgan fingerprint density at radius 2 is 2.00 bits per heavy atom. The molecule has 0 saturated heterocycles. The molecule has 17 heavy (non-hydrogen) atoms. The number of carbonyl (C=O) groups excluding carboxylic acids is 1. The molecule has 0 aromatic heterocycles. The summed E-state index contributed by atoms with van der Waals surface area (Å²) in [7, 11) is 1.57. The molecular weight excluding hydrogens is 216 g/mol. The normalized spacial score (nSPS) is 16.1. The van der Waals surface area contributed by atoms with Gasteiger partial charge in [0.2, 0.25) is 0 Å². The summed E-state index contributed by atoms with van der Waals surface area (Å²) in [6, 6.07) is 7.41. The van der Waals surface area contributed by atoms with E-state index in [1.807, 2.05) is 24.3 Å². The van der Waals surface area contributed by atoms with E-state index in [-0.39, 0.29) is 18.5 Å². The SMILES string of the molecule is COCOc1ccccc1C(=O)C1CCCC1. The number of ketones is 1. The fourth-order valence-electron chi connectivity index (χ4n) is 2.33. The van der Waals surface area contributed by atoms with E-state index < -0.39 is 0 Å². The molecule has 92 valence electrons. The number of hydrogen-bond donors (Lipinski definition) is 0. The molecule has 0 N–H and O–H groups in total. The fraction of sp³-hybridized carbons (Fsp3) is 0.500. The highest BCUT2D eigenvalue weighted by atomic mass is 16.7. The fourth-order valence-corrected chi connectivity index (χ4v) is 2.33. The Hall–Kier alpha value is -1.35. The van der Waals surface area contributed by atoms with Gasteiger partial charge in [0.15, 0.2) is 12.6 Å². The molecule has 0 unspecified atom stereocenters.